The number of carbonyl (C=O) groups excluding carboxylic acids is 1. The molecule has 4 nitrogen and oxygen atoms in total. The summed E-state index contributed by atoms with van der Waals surface area (Å²) in [7, 11) is -3.53. The minimum absolute atomic E-state index is 0.112. The Kier molecular flexibility index (Phi) is 3.03. The molecule has 0 aliphatic carbocycles. The molecule has 1 aromatic carbocycles. The van der Waals surface area contributed by atoms with Crippen molar-refractivity contribution in [3.63, 3.8) is 0 Å². The number of hydrogen-bond acceptors (Lipinski definition) is 3. The summed E-state index contributed by atoms with van der Waals surface area (Å²) in [6, 6.07) is 4.72. The molecule has 0 bridgehead atoms. The predicted molar refractivity (Wildman–Crippen MR) is 68.1 cm³/mol. The van der Waals surface area contributed by atoms with Gasteiger partial charge in [-0.15, -0.1) is 0 Å². The highest BCUT2D eigenvalue weighted by atomic mass is 79.9. The molecular formula is C11H12BrNO3S. The number of halogens is 1. The Labute approximate surface area is 109 Å². The highest BCUT2D eigenvalue weighted by molar-refractivity contribution is 9.10. The van der Waals surface area contributed by atoms with Gasteiger partial charge in [0.05, 0.1) is 5.75 Å². The fourth-order valence-corrected chi connectivity index (χ4v) is 4.08. The number of nitrogens with zero attached hydrogens (tertiary/aromatic N) is 1. The topological polar surface area (TPSA) is 54.5 Å². The maximum atomic E-state index is 12.2. The van der Waals surface area contributed by atoms with Gasteiger partial charge in [0.1, 0.15) is 0 Å². The van der Waals surface area contributed by atoms with E-state index in [2.05, 4.69) is 15.9 Å². The number of benzene rings is 1. The number of fused-ring (bicyclic) bond motifs is 1. The molecule has 0 N–H and O–H groups in total. The van der Waals surface area contributed by atoms with Crippen LogP contribution in [0.4, 0.5) is 0 Å². The summed E-state index contributed by atoms with van der Waals surface area (Å²) in [5, 5.41) is 0. The molecule has 0 unspecified atom stereocenters. The first-order valence-electron chi connectivity index (χ1n) is 5.18. The zero-order valence-electron chi connectivity index (χ0n) is 9.47. The second kappa shape index (κ2) is 4.10. The van der Waals surface area contributed by atoms with Crippen LogP contribution in [0.1, 0.15) is 29.8 Å². The lowest BCUT2D eigenvalue weighted by molar-refractivity contribution is 0.0829. The van der Waals surface area contributed by atoms with E-state index in [1.807, 2.05) is 0 Å². The second-order valence-electron chi connectivity index (χ2n) is 4.25. The fraction of sp³-hybridized carbons (Fsp3) is 0.364. The van der Waals surface area contributed by atoms with Crippen molar-refractivity contribution in [1.29, 1.82) is 0 Å². The van der Waals surface area contributed by atoms with Crippen LogP contribution in [0.3, 0.4) is 0 Å². The van der Waals surface area contributed by atoms with E-state index in [-0.39, 0.29) is 11.8 Å². The van der Waals surface area contributed by atoms with E-state index in [1.165, 1.54) is 0 Å². The molecule has 1 aromatic rings. The SMILES string of the molecule is CC(C)N1C(=O)c2cc(Br)ccc2CS1(=O)=O. The smallest absolute Gasteiger partial charge is 0.267 e. The van der Waals surface area contributed by atoms with E-state index >= 15 is 0 Å². The number of amides is 1. The van der Waals surface area contributed by atoms with Gasteiger partial charge in [-0.2, -0.15) is 0 Å². The van der Waals surface area contributed by atoms with Crippen LogP contribution in [0.2, 0.25) is 0 Å². The Morgan fingerprint density at radius 1 is 1.35 bits per heavy atom. The maximum absolute atomic E-state index is 12.2. The lowest BCUT2D eigenvalue weighted by Crippen LogP contribution is -2.45. The molecular weight excluding hydrogens is 306 g/mol. The van der Waals surface area contributed by atoms with Crippen LogP contribution >= 0.6 is 15.9 Å². The Hall–Kier alpha value is -0.880. The van der Waals surface area contributed by atoms with Crippen molar-refractivity contribution in [3.8, 4) is 0 Å². The van der Waals surface area contributed by atoms with Gasteiger partial charge in [-0.25, -0.2) is 12.7 Å². The first-order valence-corrected chi connectivity index (χ1v) is 7.58. The summed E-state index contributed by atoms with van der Waals surface area (Å²) in [4.78, 5) is 12.2. The molecule has 0 saturated heterocycles. The number of hydrogen-bond donors (Lipinski definition) is 0. The zero-order chi connectivity index (χ0) is 12.8. The number of sulfonamides is 1. The summed E-state index contributed by atoms with van der Waals surface area (Å²) in [6.07, 6.45) is 0. The van der Waals surface area contributed by atoms with Gasteiger partial charge < -0.3 is 0 Å². The molecule has 0 fully saturated rings. The number of rotatable bonds is 1. The molecule has 0 spiro atoms. The molecule has 0 aromatic heterocycles. The average Bonchev–Trinajstić information content (AvgIpc) is 2.17. The van der Waals surface area contributed by atoms with Gasteiger partial charge in [-0.1, -0.05) is 22.0 Å². The third kappa shape index (κ3) is 2.11. The standard InChI is InChI=1S/C11H12BrNO3S/c1-7(2)13-11(14)10-5-9(12)4-3-8(10)6-17(13,15)16/h3-5,7H,6H2,1-2H3. The Morgan fingerprint density at radius 3 is 2.59 bits per heavy atom. The lowest BCUT2D eigenvalue weighted by Gasteiger charge is -2.31. The third-order valence-corrected chi connectivity index (χ3v) is 4.96. The summed E-state index contributed by atoms with van der Waals surface area (Å²) >= 11 is 3.28. The van der Waals surface area contributed by atoms with E-state index in [1.54, 1.807) is 32.0 Å². The predicted octanol–water partition coefficient (Wildman–Crippen LogP) is 2.14. The molecule has 1 heterocycles. The molecule has 6 heteroatoms. The Balaban J connectivity index is 2.62. The zero-order valence-corrected chi connectivity index (χ0v) is 11.9. The van der Waals surface area contributed by atoms with Crippen LogP contribution in [0.15, 0.2) is 22.7 Å². The van der Waals surface area contributed by atoms with Gasteiger partial charge in [-0.05, 0) is 31.5 Å². The van der Waals surface area contributed by atoms with Crippen molar-refractivity contribution in [1.82, 2.24) is 4.31 Å². The van der Waals surface area contributed by atoms with Crippen molar-refractivity contribution in [2.45, 2.75) is 25.6 Å². The van der Waals surface area contributed by atoms with E-state index in [4.69, 9.17) is 0 Å². The van der Waals surface area contributed by atoms with E-state index in [9.17, 15) is 13.2 Å². The third-order valence-electron chi connectivity index (χ3n) is 2.61. The van der Waals surface area contributed by atoms with E-state index < -0.39 is 15.9 Å². The monoisotopic (exact) mass is 317 g/mol. The molecule has 0 saturated carbocycles. The van der Waals surface area contributed by atoms with Crippen molar-refractivity contribution in [3.05, 3.63) is 33.8 Å². The van der Waals surface area contributed by atoms with Crippen molar-refractivity contribution < 1.29 is 13.2 Å². The van der Waals surface area contributed by atoms with Gasteiger partial charge >= 0.3 is 0 Å². The highest BCUT2D eigenvalue weighted by Gasteiger charge is 2.37. The van der Waals surface area contributed by atoms with Gasteiger partial charge in [0.15, 0.2) is 0 Å². The highest BCUT2D eigenvalue weighted by Crippen LogP contribution is 2.28. The summed E-state index contributed by atoms with van der Waals surface area (Å²) in [5.74, 6) is -0.554. The maximum Gasteiger partial charge on any atom is 0.267 e. The fourth-order valence-electron chi connectivity index (χ4n) is 1.94. The van der Waals surface area contributed by atoms with Crippen LogP contribution in [0.25, 0.3) is 0 Å². The van der Waals surface area contributed by atoms with Crippen LogP contribution in [0.5, 0.6) is 0 Å². The minimum atomic E-state index is -3.53. The molecule has 2 rings (SSSR count). The second-order valence-corrected chi connectivity index (χ2v) is 7.01. The molecule has 1 amide bonds. The molecule has 17 heavy (non-hydrogen) atoms. The average molecular weight is 318 g/mol. The van der Waals surface area contributed by atoms with Gasteiger partial charge in [0.25, 0.3) is 5.91 Å². The van der Waals surface area contributed by atoms with E-state index in [0.29, 0.717) is 11.1 Å². The normalized spacial score (nSPS) is 18.4. The molecule has 1 aliphatic rings. The molecule has 0 radical (unpaired) electrons. The van der Waals surface area contributed by atoms with Crippen LogP contribution in [0, 0.1) is 0 Å². The van der Waals surface area contributed by atoms with Crippen molar-refractivity contribution in [2.24, 2.45) is 0 Å². The van der Waals surface area contributed by atoms with Gasteiger partial charge in [0, 0.05) is 16.1 Å². The number of carbonyl (C=O) groups is 1. The largest absolute Gasteiger partial charge is 0.268 e. The van der Waals surface area contributed by atoms with E-state index in [0.717, 1.165) is 8.78 Å². The molecule has 0 atom stereocenters. The van der Waals surface area contributed by atoms with Crippen LogP contribution in [-0.2, 0) is 15.8 Å². The molecule has 92 valence electrons. The minimum Gasteiger partial charge on any atom is -0.268 e. The molecule has 1 aliphatic heterocycles. The van der Waals surface area contributed by atoms with Gasteiger partial charge in [-0.3, -0.25) is 4.79 Å². The lowest BCUT2D eigenvalue weighted by atomic mass is 10.1. The summed E-state index contributed by atoms with van der Waals surface area (Å²) in [5.41, 5.74) is 1.03. The van der Waals surface area contributed by atoms with Crippen LogP contribution < -0.4 is 0 Å². The summed E-state index contributed by atoms with van der Waals surface area (Å²) < 4.78 is 25.7. The van der Waals surface area contributed by atoms with Crippen molar-refractivity contribution in [2.75, 3.05) is 0 Å². The Morgan fingerprint density at radius 2 is 2.00 bits per heavy atom. The van der Waals surface area contributed by atoms with Gasteiger partial charge in [0.2, 0.25) is 10.0 Å². The first-order chi connectivity index (χ1) is 7.83. The van der Waals surface area contributed by atoms with Crippen LogP contribution in [-0.4, -0.2) is 24.7 Å². The first kappa shape index (κ1) is 12.6. The Bertz CT molecular complexity index is 580. The summed E-state index contributed by atoms with van der Waals surface area (Å²) in [6.45, 7) is 3.39. The quantitative estimate of drug-likeness (QED) is 0.797. The van der Waals surface area contributed by atoms with Crippen molar-refractivity contribution >= 4 is 31.9 Å².